The van der Waals surface area contributed by atoms with Gasteiger partial charge >= 0.3 is 0 Å². The third-order valence-electron chi connectivity index (χ3n) is 3.71. The van der Waals surface area contributed by atoms with Crippen LogP contribution in [-0.2, 0) is 10.0 Å². The van der Waals surface area contributed by atoms with Crippen molar-refractivity contribution < 1.29 is 13.2 Å². The molecule has 0 saturated heterocycles. The van der Waals surface area contributed by atoms with Crippen molar-refractivity contribution in [2.24, 2.45) is 5.73 Å². The van der Waals surface area contributed by atoms with Gasteiger partial charge in [-0.05, 0) is 37.5 Å². The molecule has 1 amide bonds. The van der Waals surface area contributed by atoms with E-state index in [4.69, 9.17) is 5.73 Å². The van der Waals surface area contributed by atoms with Gasteiger partial charge in [0, 0.05) is 11.6 Å². The second kappa shape index (κ2) is 5.93. The zero-order valence-corrected chi connectivity index (χ0v) is 12.4. The van der Waals surface area contributed by atoms with E-state index in [1.54, 1.807) is 13.0 Å². The minimum Gasteiger partial charge on any atom is -0.366 e. The van der Waals surface area contributed by atoms with Gasteiger partial charge in [-0.25, -0.2) is 13.1 Å². The highest BCUT2D eigenvalue weighted by Crippen LogP contribution is 2.21. The Morgan fingerprint density at radius 3 is 2.50 bits per heavy atom. The highest BCUT2D eigenvalue weighted by molar-refractivity contribution is 7.89. The Morgan fingerprint density at radius 2 is 1.90 bits per heavy atom. The summed E-state index contributed by atoms with van der Waals surface area (Å²) < 4.78 is 27.4. The summed E-state index contributed by atoms with van der Waals surface area (Å²) in [6.07, 6.45) is 5.00. The predicted molar refractivity (Wildman–Crippen MR) is 76.9 cm³/mol. The first-order valence-electron chi connectivity index (χ1n) is 6.83. The van der Waals surface area contributed by atoms with Crippen LogP contribution in [0.2, 0.25) is 0 Å². The summed E-state index contributed by atoms with van der Waals surface area (Å²) in [5, 5.41) is 0. The molecule has 0 radical (unpaired) electrons. The van der Waals surface area contributed by atoms with Crippen LogP contribution in [0.4, 0.5) is 0 Å². The van der Waals surface area contributed by atoms with Crippen LogP contribution in [0.25, 0.3) is 0 Å². The lowest BCUT2D eigenvalue weighted by atomic mass is 9.96. The van der Waals surface area contributed by atoms with E-state index in [1.807, 2.05) is 0 Å². The first kappa shape index (κ1) is 15.0. The molecule has 0 spiro atoms. The molecule has 1 saturated carbocycles. The third-order valence-corrected chi connectivity index (χ3v) is 5.23. The number of carbonyl (C=O) groups excluding carboxylic acids is 1. The molecule has 6 heteroatoms. The highest BCUT2D eigenvalue weighted by atomic mass is 32.2. The summed E-state index contributed by atoms with van der Waals surface area (Å²) in [5.74, 6) is -0.614. The molecule has 5 nitrogen and oxygen atoms in total. The summed E-state index contributed by atoms with van der Waals surface area (Å²) >= 11 is 0. The number of sulfonamides is 1. The van der Waals surface area contributed by atoms with Crippen LogP contribution in [0, 0.1) is 6.92 Å². The maximum atomic E-state index is 12.3. The van der Waals surface area contributed by atoms with E-state index in [2.05, 4.69) is 4.72 Å². The minimum atomic E-state index is -3.59. The average Bonchev–Trinajstić information content (AvgIpc) is 2.39. The quantitative estimate of drug-likeness (QED) is 0.886. The second-order valence-corrected chi connectivity index (χ2v) is 7.01. The molecule has 1 fully saturated rings. The Kier molecular flexibility index (Phi) is 4.45. The van der Waals surface area contributed by atoms with Gasteiger partial charge in [-0.2, -0.15) is 0 Å². The van der Waals surface area contributed by atoms with Crippen LogP contribution in [-0.4, -0.2) is 20.4 Å². The summed E-state index contributed by atoms with van der Waals surface area (Å²) in [6, 6.07) is 4.46. The van der Waals surface area contributed by atoms with Crippen LogP contribution < -0.4 is 10.5 Å². The van der Waals surface area contributed by atoms with Crippen molar-refractivity contribution in [1.82, 2.24) is 4.72 Å². The van der Waals surface area contributed by atoms with Crippen LogP contribution in [0.15, 0.2) is 23.1 Å². The molecule has 0 heterocycles. The monoisotopic (exact) mass is 296 g/mol. The van der Waals surface area contributed by atoms with E-state index in [0.717, 1.165) is 32.1 Å². The molecule has 0 atom stereocenters. The SMILES string of the molecule is Cc1ccc(S(=O)(=O)NC2CCCCC2)cc1C(N)=O. The smallest absolute Gasteiger partial charge is 0.249 e. The number of benzene rings is 1. The molecule has 0 aliphatic heterocycles. The van der Waals surface area contributed by atoms with Crippen molar-refractivity contribution in [2.75, 3.05) is 0 Å². The molecule has 0 bridgehead atoms. The van der Waals surface area contributed by atoms with Gasteiger partial charge in [0.2, 0.25) is 15.9 Å². The van der Waals surface area contributed by atoms with Crippen LogP contribution in [0.5, 0.6) is 0 Å². The number of amides is 1. The Balaban J connectivity index is 2.24. The Morgan fingerprint density at radius 1 is 1.25 bits per heavy atom. The van der Waals surface area contributed by atoms with Crippen LogP contribution in [0.3, 0.4) is 0 Å². The standard InChI is InChI=1S/C14H20N2O3S/c1-10-7-8-12(9-13(10)14(15)17)20(18,19)16-11-5-3-2-4-6-11/h7-9,11,16H,2-6H2,1H3,(H2,15,17). The van der Waals surface area contributed by atoms with Gasteiger partial charge in [0.15, 0.2) is 0 Å². The van der Waals surface area contributed by atoms with E-state index in [-0.39, 0.29) is 16.5 Å². The van der Waals surface area contributed by atoms with E-state index in [1.165, 1.54) is 12.1 Å². The number of nitrogens with one attached hydrogen (secondary N) is 1. The van der Waals surface area contributed by atoms with Crippen molar-refractivity contribution in [2.45, 2.75) is 50.0 Å². The lowest BCUT2D eigenvalue weighted by Gasteiger charge is -2.22. The Labute approximate surface area is 119 Å². The van der Waals surface area contributed by atoms with Gasteiger partial charge in [0.05, 0.1) is 4.90 Å². The van der Waals surface area contributed by atoms with Crippen molar-refractivity contribution in [1.29, 1.82) is 0 Å². The molecule has 110 valence electrons. The van der Waals surface area contributed by atoms with E-state index in [0.29, 0.717) is 5.56 Å². The second-order valence-electron chi connectivity index (χ2n) is 5.30. The highest BCUT2D eigenvalue weighted by Gasteiger charge is 2.22. The van der Waals surface area contributed by atoms with Gasteiger partial charge in [-0.15, -0.1) is 0 Å². The fourth-order valence-electron chi connectivity index (χ4n) is 2.54. The van der Waals surface area contributed by atoms with Crippen molar-refractivity contribution >= 4 is 15.9 Å². The lowest BCUT2D eigenvalue weighted by Crippen LogP contribution is -2.36. The number of rotatable bonds is 4. The molecule has 20 heavy (non-hydrogen) atoms. The summed E-state index contributed by atoms with van der Waals surface area (Å²) in [7, 11) is -3.59. The van der Waals surface area contributed by atoms with E-state index >= 15 is 0 Å². The molecular formula is C14H20N2O3S. The van der Waals surface area contributed by atoms with Crippen molar-refractivity contribution in [3.05, 3.63) is 29.3 Å². The lowest BCUT2D eigenvalue weighted by molar-refractivity contribution is 0.0999. The summed E-state index contributed by atoms with van der Waals surface area (Å²) in [4.78, 5) is 11.4. The first-order valence-corrected chi connectivity index (χ1v) is 8.31. The normalized spacial score (nSPS) is 17.1. The molecule has 3 N–H and O–H groups in total. The van der Waals surface area contributed by atoms with Gasteiger partial charge in [0.1, 0.15) is 0 Å². The van der Waals surface area contributed by atoms with Gasteiger partial charge in [-0.1, -0.05) is 25.3 Å². The van der Waals surface area contributed by atoms with Gasteiger partial charge in [-0.3, -0.25) is 4.79 Å². The van der Waals surface area contributed by atoms with Crippen LogP contribution in [0.1, 0.15) is 48.0 Å². The Bertz CT molecular complexity index is 605. The van der Waals surface area contributed by atoms with E-state index < -0.39 is 15.9 Å². The van der Waals surface area contributed by atoms with Crippen molar-refractivity contribution in [3.8, 4) is 0 Å². The maximum absolute atomic E-state index is 12.3. The molecule has 1 aliphatic rings. The fourth-order valence-corrected chi connectivity index (χ4v) is 3.87. The molecular weight excluding hydrogens is 276 g/mol. The average molecular weight is 296 g/mol. The number of primary amides is 1. The Hall–Kier alpha value is -1.40. The van der Waals surface area contributed by atoms with Crippen LogP contribution >= 0.6 is 0 Å². The molecule has 2 rings (SSSR count). The zero-order valence-electron chi connectivity index (χ0n) is 11.6. The topological polar surface area (TPSA) is 89.3 Å². The number of nitrogens with two attached hydrogens (primary N) is 1. The molecule has 0 aromatic heterocycles. The third kappa shape index (κ3) is 3.37. The van der Waals surface area contributed by atoms with E-state index in [9.17, 15) is 13.2 Å². The maximum Gasteiger partial charge on any atom is 0.249 e. The number of carbonyl (C=O) groups is 1. The largest absolute Gasteiger partial charge is 0.366 e. The summed E-state index contributed by atoms with van der Waals surface area (Å²) in [5.41, 5.74) is 6.18. The molecule has 1 aromatic carbocycles. The zero-order chi connectivity index (χ0) is 14.8. The van der Waals surface area contributed by atoms with Crippen molar-refractivity contribution in [3.63, 3.8) is 0 Å². The molecule has 1 aromatic rings. The summed E-state index contributed by atoms with van der Waals surface area (Å²) in [6.45, 7) is 1.73. The number of hydrogen-bond acceptors (Lipinski definition) is 3. The molecule has 0 unspecified atom stereocenters. The first-order chi connectivity index (χ1) is 9.40. The number of aryl methyl sites for hydroxylation is 1. The minimum absolute atomic E-state index is 0.00733. The van der Waals surface area contributed by atoms with Gasteiger partial charge < -0.3 is 5.73 Å². The molecule has 1 aliphatic carbocycles. The van der Waals surface area contributed by atoms with Gasteiger partial charge in [0.25, 0.3) is 0 Å². The predicted octanol–water partition coefficient (Wildman–Crippen LogP) is 1.70. The number of hydrogen-bond donors (Lipinski definition) is 2. The fraction of sp³-hybridized carbons (Fsp3) is 0.500.